The highest BCUT2D eigenvalue weighted by Crippen LogP contribution is 2.07. The second-order valence-corrected chi connectivity index (χ2v) is 3.37. The molecule has 0 saturated heterocycles. The molecule has 16 heavy (non-hydrogen) atoms. The summed E-state index contributed by atoms with van der Waals surface area (Å²) in [4.78, 5) is 33.5. The van der Waals surface area contributed by atoms with Crippen LogP contribution < -0.4 is 0 Å². The van der Waals surface area contributed by atoms with E-state index in [1.165, 1.54) is 17.1 Å². The van der Waals surface area contributed by atoms with Gasteiger partial charge in [0.05, 0.1) is 0 Å². The van der Waals surface area contributed by atoms with Crippen LogP contribution in [0.3, 0.4) is 0 Å². The van der Waals surface area contributed by atoms with E-state index in [-0.39, 0.29) is 25.7 Å². The summed E-state index contributed by atoms with van der Waals surface area (Å²) >= 11 is 0. The summed E-state index contributed by atoms with van der Waals surface area (Å²) in [7, 11) is 0. The van der Waals surface area contributed by atoms with Crippen LogP contribution in [0, 0.1) is 0 Å². The van der Waals surface area contributed by atoms with Gasteiger partial charge in [-0.2, -0.15) is 0 Å². The molecule has 0 radical (unpaired) electrons. The lowest BCUT2D eigenvalue weighted by atomic mass is 10.2. The zero-order chi connectivity index (χ0) is 11.3. The summed E-state index contributed by atoms with van der Waals surface area (Å²) in [6.07, 6.45) is 4.59. The number of carboxylic acids is 1. The Morgan fingerprint density at radius 3 is 2.19 bits per heavy atom. The van der Waals surface area contributed by atoms with Crippen LogP contribution in [0.2, 0.25) is 0 Å². The van der Waals surface area contributed by atoms with E-state index in [4.69, 9.17) is 5.11 Å². The minimum Gasteiger partial charge on any atom is -0.481 e. The molecule has 0 saturated carbocycles. The Morgan fingerprint density at radius 1 is 1.12 bits per heavy atom. The predicted molar refractivity (Wildman–Crippen MR) is 58.7 cm³/mol. The first-order chi connectivity index (χ1) is 7.11. The largest absolute Gasteiger partial charge is 0.481 e. The van der Waals surface area contributed by atoms with Crippen LogP contribution in [-0.2, 0) is 14.4 Å². The number of imide groups is 1. The van der Waals surface area contributed by atoms with Gasteiger partial charge >= 0.3 is 5.97 Å². The molecule has 2 amide bonds. The minimum atomic E-state index is -0.815. The third-order valence-electron chi connectivity index (χ3n) is 2.17. The van der Waals surface area contributed by atoms with Gasteiger partial charge in [0.1, 0.15) is 0 Å². The maximum Gasteiger partial charge on any atom is 0.303 e. The highest BCUT2D eigenvalue weighted by Gasteiger charge is 2.21. The van der Waals surface area contributed by atoms with E-state index in [0.717, 1.165) is 0 Å². The van der Waals surface area contributed by atoms with Gasteiger partial charge in [0.2, 0.25) is 0 Å². The number of nitrogens with zero attached hydrogens (tertiary/aromatic N) is 1. The first-order valence-electron chi connectivity index (χ1n) is 4.86. The van der Waals surface area contributed by atoms with Crippen LogP contribution in [-0.4, -0.2) is 34.3 Å². The molecule has 90 valence electrons. The summed E-state index contributed by atoms with van der Waals surface area (Å²) in [6.45, 7) is 0.379. The van der Waals surface area contributed by atoms with E-state index in [0.29, 0.717) is 25.8 Å². The quantitative estimate of drug-likeness (QED) is 0.546. The van der Waals surface area contributed by atoms with Gasteiger partial charge in [-0.15, -0.1) is 0 Å². The number of carbonyl (C=O) groups excluding carboxylic acids is 2. The van der Waals surface area contributed by atoms with Gasteiger partial charge in [-0.1, -0.05) is 13.8 Å². The van der Waals surface area contributed by atoms with Gasteiger partial charge in [-0.3, -0.25) is 19.3 Å². The van der Waals surface area contributed by atoms with E-state index in [1.54, 1.807) is 0 Å². The lowest BCUT2D eigenvalue weighted by molar-refractivity contribution is -0.138. The molecular weight excluding hydrogens is 210 g/mol. The number of carboxylic acid groups (broad SMARTS) is 1. The standard InChI is InChI=1S/C10H13NO4.CH4/c12-8-5-6-9(13)11(8)7-3-1-2-4-10(14)15;/h5-6H,1-4,7H2,(H,14,15);1H4. The van der Waals surface area contributed by atoms with E-state index in [9.17, 15) is 14.4 Å². The maximum atomic E-state index is 11.1. The molecular formula is C11H17NO4. The van der Waals surface area contributed by atoms with E-state index in [1.807, 2.05) is 0 Å². The summed E-state index contributed by atoms with van der Waals surface area (Å²) in [5.74, 6) is -1.37. The highest BCUT2D eigenvalue weighted by atomic mass is 16.4. The molecule has 1 rings (SSSR count). The van der Waals surface area contributed by atoms with Crippen molar-refractivity contribution in [1.82, 2.24) is 4.90 Å². The number of hydrogen-bond donors (Lipinski definition) is 1. The monoisotopic (exact) mass is 227 g/mol. The SMILES string of the molecule is C.O=C(O)CCCCCN1C(=O)C=CC1=O. The van der Waals surface area contributed by atoms with Crippen LogP contribution in [0.25, 0.3) is 0 Å². The third-order valence-corrected chi connectivity index (χ3v) is 2.17. The van der Waals surface area contributed by atoms with Gasteiger partial charge < -0.3 is 5.11 Å². The number of carbonyl (C=O) groups is 3. The second-order valence-electron chi connectivity index (χ2n) is 3.37. The van der Waals surface area contributed by atoms with Crippen molar-refractivity contribution in [2.24, 2.45) is 0 Å². The Morgan fingerprint density at radius 2 is 1.69 bits per heavy atom. The molecule has 0 spiro atoms. The number of rotatable bonds is 6. The first-order valence-corrected chi connectivity index (χ1v) is 4.86. The molecule has 1 N–H and O–H groups in total. The zero-order valence-electron chi connectivity index (χ0n) is 8.31. The molecule has 5 nitrogen and oxygen atoms in total. The molecule has 0 aliphatic carbocycles. The van der Waals surface area contributed by atoms with Crippen molar-refractivity contribution in [2.45, 2.75) is 33.1 Å². The Hall–Kier alpha value is -1.65. The second kappa shape index (κ2) is 6.76. The molecule has 1 heterocycles. The van der Waals surface area contributed by atoms with Gasteiger partial charge in [0.25, 0.3) is 11.8 Å². The first kappa shape index (κ1) is 14.3. The van der Waals surface area contributed by atoms with E-state index >= 15 is 0 Å². The summed E-state index contributed by atoms with van der Waals surface area (Å²) in [5.41, 5.74) is 0. The van der Waals surface area contributed by atoms with Crippen molar-refractivity contribution in [3.63, 3.8) is 0 Å². The van der Waals surface area contributed by atoms with Crippen LogP contribution in [0.4, 0.5) is 0 Å². The van der Waals surface area contributed by atoms with Crippen molar-refractivity contribution in [2.75, 3.05) is 6.54 Å². The molecule has 0 aromatic rings. The average molecular weight is 227 g/mol. The summed E-state index contributed by atoms with van der Waals surface area (Å²) in [6, 6.07) is 0. The maximum absolute atomic E-state index is 11.1. The molecule has 1 aliphatic rings. The molecule has 0 unspecified atom stereocenters. The van der Waals surface area contributed by atoms with E-state index < -0.39 is 5.97 Å². The average Bonchev–Trinajstić information content (AvgIpc) is 2.47. The molecule has 5 heteroatoms. The van der Waals surface area contributed by atoms with Crippen molar-refractivity contribution < 1.29 is 19.5 Å². The molecule has 0 fully saturated rings. The number of amides is 2. The lowest BCUT2D eigenvalue weighted by Crippen LogP contribution is -2.30. The van der Waals surface area contributed by atoms with E-state index in [2.05, 4.69) is 0 Å². The molecule has 0 bridgehead atoms. The lowest BCUT2D eigenvalue weighted by Gasteiger charge is -2.12. The van der Waals surface area contributed by atoms with Gasteiger partial charge in [0, 0.05) is 25.1 Å². The van der Waals surface area contributed by atoms with Gasteiger partial charge in [-0.25, -0.2) is 0 Å². The topological polar surface area (TPSA) is 74.7 Å². The summed E-state index contributed by atoms with van der Waals surface area (Å²) < 4.78 is 0. The Balaban J connectivity index is 0.00000225. The summed E-state index contributed by atoms with van der Waals surface area (Å²) in [5, 5.41) is 8.38. The van der Waals surface area contributed by atoms with Crippen molar-refractivity contribution in [1.29, 1.82) is 0 Å². The van der Waals surface area contributed by atoms with Crippen LogP contribution in [0.5, 0.6) is 0 Å². The molecule has 0 atom stereocenters. The number of unbranched alkanes of at least 4 members (excludes halogenated alkanes) is 2. The fourth-order valence-electron chi connectivity index (χ4n) is 1.37. The highest BCUT2D eigenvalue weighted by molar-refractivity contribution is 6.12. The third kappa shape index (κ3) is 4.25. The molecule has 1 aliphatic heterocycles. The van der Waals surface area contributed by atoms with Crippen molar-refractivity contribution in [3.8, 4) is 0 Å². The van der Waals surface area contributed by atoms with Gasteiger partial charge in [0.15, 0.2) is 0 Å². The van der Waals surface area contributed by atoms with Crippen molar-refractivity contribution in [3.05, 3.63) is 12.2 Å². The fraction of sp³-hybridized carbons (Fsp3) is 0.545. The molecule has 0 aromatic carbocycles. The van der Waals surface area contributed by atoms with Crippen LogP contribution >= 0.6 is 0 Å². The van der Waals surface area contributed by atoms with Crippen LogP contribution in [0.1, 0.15) is 33.1 Å². The Labute approximate surface area is 94.7 Å². The minimum absolute atomic E-state index is 0. The smallest absolute Gasteiger partial charge is 0.303 e. The number of hydrogen-bond acceptors (Lipinski definition) is 3. The van der Waals surface area contributed by atoms with Crippen molar-refractivity contribution >= 4 is 17.8 Å². The normalized spacial score (nSPS) is 14.1. The van der Waals surface area contributed by atoms with Gasteiger partial charge in [-0.05, 0) is 12.8 Å². The Kier molecular flexibility index (Phi) is 6.07. The molecule has 0 aromatic heterocycles. The zero-order valence-corrected chi connectivity index (χ0v) is 8.31. The predicted octanol–water partition coefficient (Wildman–Crippen LogP) is 1.19. The number of aliphatic carboxylic acids is 1. The Bertz CT molecular complexity index is 291. The van der Waals surface area contributed by atoms with Crippen LogP contribution in [0.15, 0.2) is 12.2 Å². The fourth-order valence-corrected chi connectivity index (χ4v) is 1.37.